The van der Waals surface area contributed by atoms with Crippen molar-refractivity contribution in [2.24, 2.45) is 0 Å². The van der Waals surface area contributed by atoms with Crippen LogP contribution in [-0.2, 0) is 17.4 Å². The molecule has 0 saturated carbocycles. The molecule has 3 heterocycles. The Morgan fingerprint density at radius 1 is 1.15 bits per heavy atom. The predicted molar refractivity (Wildman–Crippen MR) is 119 cm³/mol. The van der Waals surface area contributed by atoms with Crippen molar-refractivity contribution in [2.45, 2.75) is 32.9 Å². The van der Waals surface area contributed by atoms with Gasteiger partial charge in [0.25, 0.3) is 11.6 Å². The molecule has 0 saturated heterocycles. The summed E-state index contributed by atoms with van der Waals surface area (Å²) >= 11 is 1.55. The van der Waals surface area contributed by atoms with E-state index in [1.165, 1.54) is 0 Å². The number of anilines is 1. The van der Waals surface area contributed by atoms with Crippen LogP contribution in [0, 0.1) is 25.7 Å². The third-order valence-electron chi connectivity index (χ3n) is 4.90. The molecule has 0 fully saturated rings. The lowest BCUT2D eigenvalue weighted by Gasteiger charge is -2.10. The molecule has 1 N–H and O–H groups in total. The van der Waals surface area contributed by atoms with Crippen LogP contribution in [0.4, 0.5) is 18.9 Å². The maximum Gasteiger partial charge on any atom is 0.453 e. The topological polar surface area (TPSA) is 72.2 Å². The van der Waals surface area contributed by atoms with Crippen LogP contribution in [0.5, 0.6) is 0 Å². The molecule has 0 aliphatic carbocycles. The van der Waals surface area contributed by atoms with Crippen LogP contribution >= 0.6 is 11.3 Å². The van der Waals surface area contributed by atoms with E-state index in [1.54, 1.807) is 37.3 Å². The first-order valence-electron chi connectivity index (χ1n) is 9.96. The fourth-order valence-corrected chi connectivity index (χ4v) is 3.88. The van der Waals surface area contributed by atoms with Crippen molar-refractivity contribution in [1.82, 2.24) is 19.6 Å². The monoisotopic (exact) mass is 469 g/mol. The smallest absolute Gasteiger partial charge is 0.326 e. The number of aryl methyl sites for hydroxylation is 2. The van der Waals surface area contributed by atoms with Gasteiger partial charge in [-0.15, -0.1) is 16.4 Å². The van der Waals surface area contributed by atoms with Gasteiger partial charge in [-0.3, -0.25) is 4.79 Å². The minimum absolute atomic E-state index is 0.119. The van der Waals surface area contributed by atoms with Crippen molar-refractivity contribution in [3.63, 3.8) is 0 Å². The molecule has 10 heteroatoms. The quantitative estimate of drug-likeness (QED) is 0.436. The Morgan fingerprint density at radius 2 is 1.97 bits per heavy atom. The molecular formula is C23H18F3N5OS. The average molecular weight is 469 g/mol. The highest BCUT2D eigenvalue weighted by Crippen LogP contribution is 2.27. The number of fused-ring (bicyclic) bond motifs is 1. The van der Waals surface area contributed by atoms with E-state index in [0.29, 0.717) is 29.1 Å². The second kappa shape index (κ2) is 9.03. The zero-order chi connectivity index (χ0) is 23.6. The number of thiophene rings is 1. The van der Waals surface area contributed by atoms with Crippen molar-refractivity contribution in [2.75, 3.05) is 5.32 Å². The molecule has 0 spiro atoms. The number of carbonyl (C=O) groups is 1. The first kappa shape index (κ1) is 22.5. The van der Waals surface area contributed by atoms with E-state index >= 15 is 0 Å². The molecule has 168 valence electrons. The Kier molecular flexibility index (Phi) is 6.16. The minimum atomic E-state index is -4.66. The van der Waals surface area contributed by atoms with Crippen LogP contribution < -0.4 is 5.32 Å². The van der Waals surface area contributed by atoms with Gasteiger partial charge in [0.2, 0.25) is 5.91 Å². The molecule has 0 aliphatic rings. The molecule has 4 rings (SSSR count). The number of benzene rings is 1. The number of halogens is 3. The first-order valence-corrected chi connectivity index (χ1v) is 10.8. The molecule has 0 radical (unpaired) electrons. The largest absolute Gasteiger partial charge is 0.453 e. The molecule has 6 nitrogen and oxygen atoms in total. The minimum Gasteiger partial charge on any atom is -0.326 e. The van der Waals surface area contributed by atoms with Crippen molar-refractivity contribution >= 4 is 28.7 Å². The van der Waals surface area contributed by atoms with Crippen LogP contribution in [-0.4, -0.2) is 25.5 Å². The molecule has 0 aliphatic heterocycles. The third kappa shape index (κ3) is 5.21. The number of alkyl halides is 3. The molecule has 1 amide bonds. The van der Waals surface area contributed by atoms with E-state index in [0.717, 1.165) is 15.0 Å². The zero-order valence-corrected chi connectivity index (χ0v) is 18.5. The number of hydrogen-bond acceptors (Lipinski definition) is 5. The van der Waals surface area contributed by atoms with Gasteiger partial charge < -0.3 is 5.32 Å². The van der Waals surface area contributed by atoms with Crippen molar-refractivity contribution in [1.29, 1.82) is 0 Å². The molecule has 33 heavy (non-hydrogen) atoms. The summed E-state index contributed by atoms with van der Waals surface area (Å²) in [7, 11) is 0. The molecule has 0 unspecified atom stereocenters. The van der Waals surface area contributed by atoms with Crippen molar-refractivity contribution < 1.29 is 18.0 Å². The molecular weight excluding hydrogens is 451 g/mol. The lowest BCUT2D eigenvalue weighted by Crippen LogP contribution is -2.14. The van der Waals surface area contributed by atoms with Crippen molar-refractivity contribution in [3.8, 4) is 11.8 Å². The molecule has 0 bridgehead atoms. The maximum atomic E-state index is 12.9. The Morgan fingerprint density at radius 3 is 2.70 bits per heavy atom. The van der Waals surface area contributed by atoms with E-state index in [-0.39, 0.29) is 18.1 Å². The zero-order valence-electron chi connectivity index (χ0n) is 17.7. The fourth-order valence-electron chi connectivity index (χ4n) is 3.31. The summed E-state index contributed by atoms with van der Waals surface area (Å²) in [6, 6.07) is 11.1. The summed E-state index contributed by atoms with van der Waals surface area (Å²) in [6.45, 7) is 3.32. The van der Waals surface area contributed by atoms with E-state index in [1.807, 2.05) is 29.6 Å². The number of hydrogen-bond donors (Lipinski definition) is 1. The number of carbonyl (C=O) groups excluding carboxylic acids is 1. The Labute approximate surface area is 191 Å². The highest BCUT2D eigenvalue weighted by Gasteiger charge is 2.36. The Hall–Kier alpha value is -3.71. The first-order chi connectivity index (χ1) is 15.7. The average Bonchev–Trinajstić information content (AvgIpc) is 3.42. The molecule has 1 aromatic carbocycles. The number of nitrogens with one attached hydrogen (secondary N) is 1. The van der Waals surface area contributed by atoms with Gasteiger partial charge in [-0.05, 0) is 55.5 Å². The highest BCUT2D eigenvalue weighted by molar-refractivity contribution is 7.10. The second-order valence-electron chi connectivity index (χ2n) is 7.26. The Bertz CT molecular complexity index is 1380. The van der Waals surface area contributed by atoms with Gasteiger partial charge in [-0.2, -0.15) is 18.2 Å². The summed E-state index contributed by atoms with van der Waals surface area (Å²) in [5.41, 5.74) is 3.03. The lowest BCUT2D eigenvalue weighted by molar-refractivity contribution is -0.144. The summed E-state index contributed by atoms with van der Waals surface area (Å²) in [5.74, 6) is 4.55. The molecule has 3 aromatic heterocycles. The molecule has 0 atom stereocenters. The fraction of sp³-hybridized carbons (Fsp3) is 0.217. The normalized spacial score (nSPS) is 11.3. The Balaban J connectivity index is 1.45. The summed E-state index contributed by atoms with van der Waals surface area (Å²) < 4.78 is 39.9. The number of aromatic nitrogens is 4. The summed E-state index contributed by atoms with van der Waals surface area (Å²) in [5, 5.41) is 8.32. The van der Waals surface area contributed by atoms with E-state index in [4.69, 9.17) is 0 Å². The SMILES string of the molecule is Cc1nc2nc(C(F)(F)F)nn2c(C)c1CCC(=O)Nc1cccc(C#Cc2cccs2)c1. The molecule has 4 aromatic rings. The van der Waals surface area contributed by atoms with E-state index in [2.05, 4.69) is 32.2 Å². The van der Waals surface area contributed by atoms with Crippen LogP contribution in [0.3, 0.4) is 0 Å². The second-order valence-corrected chi connectivity index (χ2v) is 8.21. The maximum absolute atomic E-state index is 12.9. The van der Waals surface area contributed by atoms with E-state index in [9.17, 15) is 18.0 Å². The highest BCUT2D eigenvalue weighted by atomic mass is 32.1. The van der Waals surface area contributed by atoms with Gasteiger partial charge in [0.15, 0.2) is 0 Å². The van der Waals surface area contributed by atoms with Crippen molar-refractivity contribution in [3.05, 3.63) is 75.0 Å². The van der Waals surface area contributed by atoms with Crippen LogP contribution in [0.2, 0.25) is 0 Å². The summed E-state index contributed by atoms with van der Waals surface area (Å²) in [4.78, 5) is 21.1. The van der Waals surface area contributed by atoms with Crippen LogP contribution in [0.25, 0.3) is 5.78 Å². The van der Waals surface area contributed by atoms with Gasteiger partial charge in [-0.1, -0.05) is 24.0 Å². The van der Waals surface area contributed by atoms with Crippen LogP contribution in [0.1, 0.15) is 39.6 Å². The predicted octanol–water partition coefficient (Wildman–Crippen LogP) is 4.79. The number of nitrogens with zero attached hydrogens (tertiary/aromatic N) is 4. The van der Waals surface area contributed by atoms with Gasteiger partial charge in [0.1, 0.15) is 0 Å². The van der Waals surface area contributed by atoms with Gasteiger partial charge in [0.05, 0.1) is 4.88 Å². The van der Waals surface area contributed by atoms with E-state index < -0.39 is 12.0 Å². The lowest BCUT2D eigenvalue weighted by atomic mass is 10.1. The summed E-state index contributed by atoms with van der Waals surface area (Å²) in [6.07, 6.45) is -4.23. The number of rotatable bonds is 4. The van der Waals surface area contributed by atoms with Crippen LogP contribution in [0.15, 0.2) is 41.8 Å². The van der Waals surface area contributed by atoms with Gasteiger partial charge in [0, 0.05) is 29.1 Å². The number of amides is 1. The van der Waals surface area contributed by atoms with Gasteiger partial charge in [-0.25, -0.2) is 9.50 Å². The van der Waals surface area contributed by atoms with Gasteiger partial charge >= 0.3 is 6.18 Å². The third-order valence-corrected chi connectivity index (χ3v) is 5.69. The standard InChI is InChI=1S/C23H18F3N5OS/c1-14-19(15(2)31-22(27-14)29-21(30-31)23(24,25)26)10-11-20(32)28-17-6-3-5-16(13-17)8-9-18-7-4-12-33-18/h3-7,12-13H,10-11H2,1-2H3,(H,28,32).